The second kappa shape index (κ2) is 11.2. The van der Waals surface area contributed by atoms with Crippen LogP contribution in [0.3, 0.4) is 0 Å². The predicted octanol–water partition coefficient (Wildman–Crippen LogP) is 4.12. The van der Waals surface area contributed by atoms with Crippen LogP contribution in [-0.4, -0.2) is 24.9 Å². The lowest BCUT2D eigenvalue weighted by molar-refractivity contribution is -0.120. The third kappa shape index (κ3) is 7.04. The molecular weight excluding hydrogens is 444 g/mol. The number of amides is 2. The van der Waals surface area contributed by atoms with Crippen LogP contribution in [0.1, 0.15) is 21.5 Å². The first-order chi connectivity index (χ1) is 14.6. The lowest BCUT2D eigenvalue weighted by atomic mass is 10.1. The number of carbonyl (C=O) groups excluding carboxylic acids is 2. The van der Waals surface area contributed by atoms with E-state index in [2.05, 4.69) is 26.6 Å². The largest absolute Gasteiger partial charge is 0.489 e. The monoisotopic (exact) mass is 466 g/mol. The summed E-state index contributed by atoms with van der Waals surface area (Å²) in [6, 6.07) is 24.9. The Kier molecular flexibility index (Phi) is 8.03. The van der Waals surface area contributed by atoms with Crippen LogP contribution in [0.15, 0.2) is 83.3 Å². The summed E-state index contributed by atoms with van der Waals surface area (Å²) in [6.45, 7) is 0.968. The van der Waals surface area contributed by atoms with E-state index in [9.17, 15) is 9.59 Å². The summed E-state index contributed by atoms with van der Waals surface area (Å²) in [5.74, 6) is 0.306. The fourth-order valence-corrected chi connectivity index (χ4v) is 3.19. The first-order valence-corrected chi connectivity index (χ1v) is 10.5. The number of carbonyl (C=O) groups is 2. The summed E-state index contributed by atoms with van der Waals surface area (Å²) in [7, 11) is 0. The quantitative estimate of drug-likeness (QED) is 0.498. The maximum atomic E-state index is 12.0. The zero-order chi connectivity index (χ0) is 21.2. The van der Waals surface area contributed by atoms with E-state index in [4.69, 9.17) is 4.74 Å². The van der Waals surface area contributed by atoms with Crippen molar-refractivity contribution in [1.29, 1.82) is 0 Å². The summed E-state index contributed by atoms with van der Waals surface area (Å²) in [5, 5.41) is 5.44. The minimum absolute atomic E-state index is 0.0579. The highest BCUT2D eigenvalue weighted by Crippen LogP contribution is 2.14. The van der Waals surface area contributed by atoms with Crippen LogP contribution in [0.5, 0.6) is 5.75 Å². The molecule has 0 saturated carbocycles. The standard InChI is InChI=1S/C24H23BrN2O3/c25-21-8-4-7-20(15-21)24(29)27-16-23(28)26-14-13-18-9-11-22(12-10-18)30-17-19-5-2-1-3-6-19/h1-12,15H,13-14,16-17H2,(H,26,28)(H,27,29). The number of rotatable bonds is 9. The van der Waals surface area contributed by atoms with Gasteiger partial charge in [0, 0.05) is 16.6 Å². The molecular formula is C24H23BrN2O3. The molecule has 0 spiro atoms. The van der Waals surface area contributed by atoms with Gasteiger partial charge in [-0.05, 0) is 47.9 Å². The number of hydrogen-bond donors (Lipinski definition) is 2. The second-order valence-electron chi connectivity index (χ2n) is 6.71. The molecule has 3 rings (SSSR count). The molecule has 5 nitrogen and oxygen atoms in total. The molecule has 0 aliphatic rings. The first-order valence-electron chi connectivity index (χ1n) is 9.66. The number of hydrogen-bond acceptors (Lipinski definition) is 3. The Morgan fingerprint density at radius 2 is 1.60 bits per heavy atom. The van der Waals surface area contributed by atoms with Crippen molar-refractivity contribution in [1.82, 2.24) is 10.6 Å². The van der Waals surface area contributed by atoms with Gasteiger partial charge in [-0.1, -0.05) is 64.5 Å². The zero-order valence-corrected chi connectivity index (χ0v) is 18.0. The smallest absolute Gasteiger partial charge is 0.251 e. The van der Waals surface area contributed by atoms with Gasteiger partial charge in [-0.2, -0.15) is 0 Å². The van der Waals surface area contributed by atoms with E-state index in [1.807, 2.05) is 60.7 Å². The van der Waals surface area contributed by atoms with Crippen molar-refractivity contribution in [2.45, 2.75) is 13.0 Å². The molecule has 0 aromatic heterocycles. The lowest BCUT2D eigenvalue weighted by Crippen LogP contribution is -2.37. The molecule has 0 aliphatic carbocycles. The van der Waals surface area contributed by atoms with Crippen LogP contribution in [0, 0.1) is 0 Å². The maximum Gasteiger partial charge on any atom is 0.251 e. The van der Waals surface area contributed by atoms with E-state index >= 15 is 0 Å². The summed E-state index contributed by atoms with van der Waals surface area (Å²) in [5.41, 5.74) is 2.73. The van der Waals surface area contributed by atoms with Crippen LogP contribution in [0.4, 0.5) is 0 Å². The fourth-order valence-electron chi connectivity index (χ4n) is 2.79. The molecule has 0 aliphatic heterocycles. The Morgan fingerprint density at radius 3 is 2.33 bits per heavy atom. The van der Waals surface area contributed by atoms with Crippen LogP contribution in [-0.2, 0) is 17.8 Å². The molecule has 0 atom stereocenters. The highest BCUT2D eigenvalue weighted by molar-refractivity contribution is 9.10. The van der Waals surface area contributed by atoms with E-state index in [0.29, 0.717) is 25.1 Å². The molecule has 3 aromatic carbocycles. The summed E-state index contributed by atoms with van der Waals surface area (Å²) >= 11 is 3.32. The van der Waals surface area contributed by atoms with Gasteiger partial charge >= 0.3 is 0 Å². The van der Waals surface area contributed by atoms with Crippen molar-refractivity contribution < 1.29 is 14.3 Å². The Bertz CT molecular complexity index is 975. The zero-order valence-electron chi connectivity index (χ0n) is 16.4. The molecule has 0 radical (unpaired) electrons. The van der Waals surface area contributed by atoms with Gasteiger partial charge in [0.05, 0.1) is 6.54 Å². The van der Waals surface area contributed by atoms with Crippen molar-refractivity contribution in [3.63, 3.8) is 0 Å². The van der Waals surface area contributed by atoms with E-state index in [1.165, 1.54) is 0 Å². The number of nitrogens with one attached hydrogen (secondary N) is 2. The topological polar surface area (TPSA) is 67.4 Å². The molecule has 0 fully saturated rings. The van der Waals surface area contributed by atoms with Crippen LogP contribution >= 0.6 is 15.9 Å². The Hall–Kier alpha value is -3.12. The number of benzene rings is 3. The van der Waals surface area contributed by atoms with Gasteiger partial charge in [-0.25, -0.2) is 0 Å². The lowest BCUT2D eigenvalue weighted by Gasteiger charge is -2.09. The molecule has 0 unspecified atom stereocenters. The van der Waals surface area contributed by atoms with Gasteiger partial charge in [0.25, 0.3) is 5.91 Å². The molecule has 2 amide bonds. The van der Waals surface area contributed by atoms with Crippen LogP contribution in [0.25, 0.3) is 0 Å². The molecule has 30 heavy (non-hydrogen) atoms. The summed E-state index contributed by atoms with van der Waals surface area (Å²) in [4.78, 5) is 24.0. The highest BCUT2D eigenvalue weighted by atomic mass is 79.9. The molecule has 0 heterocycles. The maximum absolute atomic E-state index is 12.0. The SMILES string of the molecule is O=C(CNC(=O)c1cccc(Br)c1)NCCc1ccc(OCc2ccccc2)cc1. The minimum atomic E-state index is -0.280. The third-order valence-corrected chi connectivity index (χ3v) is 4.90. The van der Waals surface area contributed by atoms with Gasteiger partial charge in [0.1, 0.15) is 12.4 Å². The molecule has 154 valence electrons. The second-order valence-corrected chi connectivity index (χ2v) is 7.63. The van der Waals surface area contributed by atoms with Gasteiger partial charge in [0.15, 0.2) is 0 Å². The van der Waals surface area contributed by atoms with Crippen molar-refractivity contribution >= 4 is 27.7 Å². The van der Waals surface area contributed by atoms with Crippen molar-refractivity contribution in [2.24, 2.45) is 0 Å². The highest BCUT2D eigenvalue weighted by Gasteiger charge is 2.08. The van der Waals surface area contributed by atoms with Gasteiger partial charge in [-0.15, -0.1) is 0 Å². The number of halogens is 1. The van der Waals surface area contributed by atoms with Crippen LogP contribution in [0.2, 0.25) is 0 Å². The molecule has 2 N–H and O–H groups in total. The molecule has 0 saturated heterocycles. The van der Waals surface area contributed by atoms with Gasteiger partial charge in [-0.3, -0.25) is 9.59 Å². The average molecular weight is 467 g/mol. The summed E-state index contributed by atoms with van der Waals surface area (Å²) in [6.07, 6.45) is 0.699. The fraction of sp³-hybridized carbons (Fsp3) is 0.167. The van der Waals surface area contributed by atoms with Crippen LogP contribution < -0.4 is 15.4 Å². The van der Waals surface area contributed by atoms with Gasteiger partial charge in [0.2, 0.25) is 5.91 Å². The van der Waals surface area contributed by atoms with Gasteiger partial charge < -0.3 is 15.4 Å². The Labute approximate surface area is 184 Å². The third-order valence-electron chi connectivity index (χ3n) is 4.40. The van der Waals surface area contributed by atoms with E-state index in [1.54, 1.807) is 18.2 Å². The van der Waals surface area contributed by atoms with Crippen molar-refractivity contribution in [3.05, 3.63) is 100 Å². The van der Waals surface area contributed by atoms with E-state index < -0.39 is 0 Å². The predicted molar refractivity (Wildman–Crippen MR) is 120 cm³/mol. The molecule has 6 heteroatoms. The average Bonchev–Trinajstić information content (AvgIpc) is 2.77. The summed E-state index contributed by atoms with van der Waals surface area (Å²) < 4.78 is 6.59. The van der Waals surface area contributed by atoms with E-state index in [-0.39, 0.29) is 18.4 Å². The minimum Gasteiger partial charge on any atom is -0.489 e. The Balaban J connectivity index is 1.35. The number of ether oxygens (including phenoxy) is 1. The molecule has 0 bridgehead atoms. The first kappa shape index (κ1) is 21.6. The normalized spacial score (nSPS) is 10.3. The van der Waals surface area contributed by atoms with Crippen molar-refractivity contribution in [3.8, 4) is 5.75 Å². The Morgan fingerprint density at radius 1 is 0.833 bits per heavy atom. The van der Waals surface area contributed by atoms with Crippen molar-refractivity contribution in [2.75, 3.05) is 13.1 Å². The van der Waals surface area contributed by atoms with E-state index in [0.717, 1.165) is 21.3 Å². The molecule has 3 aromatic rings.